The predicted molar refractivity (Wildman–Crippen MR) is 107 cm³/mol. The Kier molecular flexibility index (Phi) is 5.82. The van der Waals surface area contributed by atoms with Crippen LogP contribution in [0.4, 0.5) is 5.69 Å². The van der Waals surface area contributed by atoms with E-state index < -0.39 is 15.6 Å². The van der Waals surface area contributed by atoms with E-state index in [9.17, 15) is 18.0 Å². The van der Waals surface area contributed by atoms with Crippen LogP contribution in [0.25, 0.3) is 0 Å². The van der Waals surface area contributed by atoms with Crippen molar-refractivity contribution in [1.82, 2.24) is 9.62 Å². The quantitative estimate of drug-likeness (QED) is 0.784. The summed E-state index contributed by atoms with van der Waals surface area (Å²) in [4.78, 5) is 26.8. The summed E-state index contributed by atoms with van der Waals surface area (Å²) in [5, 5.41) is 2.81. The van der Waals surface area contributed by atoms with E-state index in [0.29, 0.717) is 12.2 Å². The molecule has 1 atom stereocenters. The van der Waals surface area contributed by atoms with E-state index in [2.05, 4.69) is 10.0 Å². The minimum Gasteiger partial charge on any atom is -0.339 e. The third-order valence-corrected chi connectivity index (χ3v) is 6.94. The molecule has 2 amide bonds. The molecule has 1 saturated heterocycles. The Hall–Kier alpha value is -1.93. The van der Waals surface area contributed by atoms with Crippen LogP contribution in [0, 0.1) is 5.92 Å². The first kappa shape index (κ1) is 20.8. The van der Waals surface area contributed by atoms with Crippen LogP contribution in [0.1, 0.15) is 52.9 Å². The molecule has 2 aliphatic rings. The fourth-order valence-corrected chi connectivity index (χ4v) is 5.32. The van der Waals surface area contributed by atoms with E-state index in [1.807, 2.05) is 4.90 Å². The number of likely N-dealkylation sites (tertiary alicyclic amines) is 1. The lowest BCUT2D eigenvalue weighted by Crippen LogP contribution is -2.40. The zero-order valence-corrected chi connectivity index (χ0v) is 17.5. The first-order valence-corrected chi connectivity index (χ1v) is 11.3. The van der Waals surface area contributed by atoms with Crippen molar-refractivity contribution in [1.29, 1.82) is 0 Å². The molecular formula is C20H29N3O4S. The standard InChI is InChI=1S/C20H29N3O4S/c1-20(2,3)22-28(26,27)17-10-8-15(9-11-17)21-19(25)14-12-18(24)23(13-14)16-6-4-5-7-16/h8-11,14,16,22H,4-7,12-13H2,1-3H3,(H,21,25). The normalized spacial score (nSPS) is 21.3. The van der Waals surface area contributed by atoms with Gasteiger partial charge in [0.05, 0.1) is 10.8 Å². The van der Waals surface area contributed by atoms with Crippen molar-refractivity contribution in [2.75, 3.05) is 11.9 Å². The van der Waals surface area contributed by atoms with Gasteiger partial charge in [0.1, 0.15) is 0 Å². The Balaban J connectivity index is 1.61. The van der Waals surface area contributed by atoms with Gasteiger partial charge < -0.3 is 10.2 Å². The van der Waals surface area contributed by atoms with Gasteiger partial charge in [-0.2, -0.15) is 0 Å². The van der Waals surface area contributed by atoms with Gasteiger partial charge in [0.25, 0.3) is 0 Å². The van der Waals surface area contributed by atoms with Crippen molar-refractivity contribution >= 4 is 27.5 Å². The van der Waals surface area contributed by atoms with Crippen molar-refractivity contribution in [3.8, 4) is 0 Å². The smallest absolute Gasteiger partial charge is 0.241 e. The molecule has 1 aliphatic carbocycles. The molecule has 7 nitrogen and oxygen atoms in total. The van der Waals surface area contributed by atoms with Crippen LogP contribution in [0.2, 0.25) is 0 Å². The number of nitrogens with zero attached hydrogens (tertiary/aromatic N) is 1. The lowest BCUT2D eigenvalue weighted by Gasteiger charge is -2.23. The van der Waals surface area contributed by atoms with Crippen LogP contribution >= 0.6 is 0 Å². The number of rotatable bonds is 5. The molecule has 1 saturated carbocycles. The lowest BCUT2D eigenvalue weighted by atomic mass is 10.1. The zero-order valence-electron chi connectivity index (χ0n) is 16.7. The molecule has 1 aromatic rings. The SMILES string of the molecule is CC(C)(C)NS(=O)(=O)c1ccc(NC(=O)C2CC(=O)N(C3CCCC3)C2)cc1. The first-order chi connectivity index (χ1) is 13.0. The Morgan fingerprint density at radius 2 is 1.71 bits per heavy atom. The molecule has 0 bridgehead atoms. The highest BCUT2D eigenvalue weighted by Gasteiger charge is 2.38. The summed E-state index contributed by atoms with van der Waals surface area (Å²) in [6.07, 6.45) is 4.58. The Morgan fingerprint density at radius 3 is 2.29 bits per heavy atom. The van der Waals surface area contributed by atoms with Gasteiger partial charge >= 0.3 is 0 Å². The van der Waals surface area contributed by atoms with Crippen molar-refractivity contribution in [3.05, 3.63) is 24.3 Å². The number of amides is 2. The minimum absolute atomic E-state index is 0.0572. The second-order valence-electron chi connectivity index (χ2n) is 8.75. The molecular weight excluding hydrogens is 378 g/mol. The number of hydrogen-bond donors (Lipinski definition) is 2. The van der Waals surface area contributed by atoms with Crippen molar-refractivity contribution < 1.29 is 18.0 Å². The van der Waals surface area contributed by atoms with Crippen molar-refractivity contribution in [3.63, 3.8) is 0 Å². The third-order valence-electron chi connectivity index (χ3n) is 5.17. The summed E-state index contributed by atoms with van der Waals surface area (Å²) >= 11 is 0. The van der Waals surface area contributed by atoms with E-state index in [0.717, 1.165) is 25.7 Å². The second kappa shape index (κ2) is 7.83. The van der Waals surface area contributed by atoms with Gasteiger partial charge in [-0.15, -0.1) is 0 Å². The van der Waals surface area contributed by atoms with Gasteiger partial charge in [-0.25, -0.2) is 13.1 Å². The van der Waals surface area contributed by atoms with Crippen molar-refractivity contribution in [2.45, 2.75) is 69.4 Å². The van der Waals surface area contributed by atoms with Crippen LogP contribution < -0.4 is 10.0 Å². The number of carbonyl (C=O) groups is 2. The average molecular weight is 408 g/mol. The number of carbonyl (C=O) groups excluding carboxylic acids is 2. The van der Waals surface area contributed by atoms with Crippen molar-refractivity contribution in [2.24, 2.45) is 5.92 Å². The van der Waals surface area contributed by atoms with Gasteiger partial charge in [0.15, 0.2) is 0 Å². The molecule has 1 aromatic carbocycles. The van der Waals surface area contributed by atoms with Crippen LogP contribution in [-0.2, 0) is 19.6 Å². The Labute approximate surface area is 166 Å². The fraction of sp³-hybridized carbons (Fsp3) is 0.600. The number of hydrogen-bond acceptors (Lipinski definition) is 4. The van der Waals surface area contributed by atoms with Gasteiger partial charge in [-0.05, 0) is 57.9 Å². The average Bonchev–Trinajstić information content (AvgIpc) is 3.22. The van der Waals surface area contributed by atoms with Crippen LogP contribution in [0.3, 0.4) is 0 Å². The molecule has 154 valence electrons. The van der Waals surface area contributed by atoms with E-state index in [4.69, 9.17) is 0 Å². The minimum atomic E-state index is -3.62. The van der Waals surface area contributed by atoms with Gasteiger partial charge in [0.2, 0.25) is 21.8 Å². The molecule has 28 heavy (non-hydrogen) atoms. The summed E-state index contributed by atoms with van der Waals surface area (Å²) in [5.41, 5.74) is -0.0576. The van der Waals surface area contributed by atoms with Crippen LogP contribution in [-0.4, -0.2) is 43.3 Å². The molecule has 1 unspecified atom stereocenters. The van der Waals surface area contributed by atoms with E-state index in [1.54, 1.807) is 32.9 Å². The maximum atomic E-state index is 12.6. The van der Waals surface area contributed by atoms with Gasteiger partial charge in [0, 0.05) is 30.2 Å². The fourth-order valence-electron chi connectivity index (χ4n) is 3.90. The summed E-state index contributed by atoms with van der Waals surface area (Å²) < 4.78 is 27.3. The number of benzene rings is 1. The zero-order chi connectivity index (χ0) is 20.5. The summed E-state index contributed by atoms with van der Waals surface area (Å²) in [6.45, 7) is 5.79. The molecule has 8 heteroatoms. The molecule has 1 heterocycles. The first-order valence-electron chi connectivity index (χ1n) is 9.79. The molecule has 2 N–H and O–H groups in total. The van der Waals surface area contributed by atoms with E-state index in [1.165, 1.54) is 12.1 Å². The maximum absolute atomic E-state index is 12.6. The number of sulfonamides is 1. The largest absolute Gasteiger partial charge is 0.339 e. The summed E-state index contributed by atoms with van der Waals surface area (Å²) in [6, 6.07) is 6.36. The van der Waals surface area contributed by atoms with Gasteiger partial charge in [-0.1, -0.05) is 12.8 Å². The highest BCUT2D eigenvalue weighted by atomic mass is 32.2. The third kappa shape index (κ3) is 4.91. The highest BCUT2D eigenvalue weighted by Crippen LogP contribution is 2.30. The topological polar surface area (TPSA) is 95.6 Å². The summed E-state index contributed by atoms with van der Waals surface area (Å²) in [7, 11) is -3.62. The lowest BCUT2D eigenvalue weighted by molar-refractivity contribution is -0.129. The second-order valence-corrected chi connectivity index (χ2v) is 10.4. The Morgan fingerprint density at radius 1 is 1.11 bits per heavy atom. The maximum Gasteiger partial charge on any atom is 0.241 e. The highest BCUT2D eigenvalue weighted by molar-refractivity contribution is 7.89. The molecule has 2 fully saturated rings. The van der Waals surface area contributed by atoms with E-state index >= 15 is 0 Å². The molecule has 0 aromatic heterocycles. The summed E-state index contributed by atoms with van der Waals surface area (Å²) in [5.74, 6) is -0.502. The van der Waals surface area contributed by atoms with E-state index in [-0.39, 0.29) is 35.1 Å². The molecule has 3 rings (SSSR count). The Bertz CT molecular complexity index is 837. The predicted octanol–water partition coefficient (Wildman–Crippen LogP) is 2.49. The monoisotopic (exact) mass is 407 g/mol. The number of anilines is 1. The number of nitrogens with one attached hydrogen (secondary N) is 2. The molecule has 0 radical (unpaired) electrons. The molecule has 1 aliphatic heterocycles. The molecule has 0 spiro atoms. The van der Waals surface area contributed by atoms with Crippen LogP contribution in [0.5, 0.6) is 0 Å². The van der Waals surface area contributed by atoms with Crippen LogP contribution in [0.15, 0.2) is 29.2 Å². The van der Waals surface area contributed by atoms with Gasteiger partial charge in [-0.3, -0.25) is 9.59 Å².